The van der Waals surface area contributed by atoms with E-state index >= 15 is 0 Å². The van der Waals surface area contributed by atoms with Crippen molar-refractivity contribution in [1.29, 1.82) is 0 Å². The second-order valence-electron chi connectivity index (χ2n) is 4.02. The predicted molar refractivity (Wildman–Crippen MR) is 72.5 cm³/mol. The molecule has 18 heavy (non-hydrogen) atoms. The van der Waals surface area contributed by atoms with Gasteiger partial charge < -0.3 is 10.6 Å². The number of hydrogen-bond donors (Lipinski definition) is 2. The van der Waals surface area contributed by atoms with E-state index in [1.807, 2.05) is 6.07 Å². The summed E-state index contributed by atoms with van der Waals surface area (Å²) in [7, 11) is 0. The molecular formula is C12H13ClN2O2S. The van der Waals surface area contributed by atoms with E-state index in [0.29, 0.717) is 23.7 Å². The van der Waals surface area contributed by atoms with Gasteiger partial charge in [0.2, 0.25) is 11.8 Å². The first-order valence-corrected chi connectivity index (χ1v) is 6.83. The van der Waals surface area contributed by atoms with Crippen molar-refractivity contribution in [3.8, 4) is 0 Å². The molecule has 0 aromatic carbocycles. The SMILES string of the molecule is O=C(/C=C/c1ccc(Cl)s1)NC1CCC(=O)NC1. The third-order valence-electron chi connectivity index (χ3n) is 2.60. The van der Waals surface area contributed by atoms with Crippen molar-refractivity contribution in [3.63, 3.8) is 0 Å². The molecule has 0 bridgehead atoms. The normalized spacial score (nSPS) is 19.8. The molecule has 0 aliphatic carbocycles. The van der Waals surface area contributed by atoms with Crippen molar-refractivity contribution >= 4 is 40.8 Å². The molecule has 0 saturated carbocycles. The molecule has 1 unspecified atom stereocenters. The predicted octanol–water partition coefficient (Wildman–Crippen LogP) is 1.81. The van der Waals surface area contributed by atoms with Gasteiger partial charge in [-0.1, -0.05) is 11.6 Å². The van der Waals surface area contributed by atoms with Gasteiger partial charge in [0.15, 0.2) is 0 Å². The minimum atomic E-state index is -0.152. The summed E-state index contributed by atoms with van der Waals surface area (Å²) >= 11 is 7.21. The maximum atomic E-state index is 11.6. The lowest BCUT2D eigenvalue weighted by atomic mass is 10.1. The van der Waals surface area contributed by atoms with Crippen molar-refractivity contribution in [2.45, 2.75) is 18.9 Å². The molecule has 6 heteroatoms. The van der Waals surface area contributed by atoms with Gasteiger partial charge in [0.1, 0.15) is 0 Å². The average molecular weight is 285 g/mol. The molecule has 96 valence electrons. The van der Waals surface area contributed by atoms with Crippen molar-refractivity contribution in [2.24, 2.45) is 0 Å². The number of hydrogen-bond acceptors (Lipinski definition) is 3. The number of thiophene rings is 1. The topological polar surface area (TPSA) is 58.2 Å². The Bertz CT molecular complexity index is 474. The van der Waals surface area contributed by atoms with Crippen molar-refractivity contribution in [2.75, 3.05) is 6.54 Å². The van der Waals surface area contributed by atoms with Gasteiger partial charge in [0.05, 0.1) is 4.34 Å². The largest absolute Gasteiger partial charge is 0.354 e. The van der Waals surface area contributed by atoms with E-state index in [-0.39, 0.29) is 17.9 Å². The Hall–Kier alpha value is -1.33. The van der Waals surface area contributed by atoms with E-state index in [4.69, 9.17) is 11.6 Å². The van der Waals surface area contributed by atoms with Gasteiger partial charge >= 0.3 is 0 Å². The van der Waals surface area contributed by atoms with Gasteiger partial charge in [-0.25, -0.2) is 0 Å². The van der Waals surface area contributed by atoms with Crippen LogP contribution in [0, 0.1) is 0 Å². The molecule has 1 atom stereocenters. The quantitative estimate of drug-likeness (QED) is 0.832. The number of nitrogens with one attached hydrogen (secondary N) is 2. The van der Waals surface area contributed by atoms with Crippen LogP contribution in [0.3, 0.4) is 0 Å². The van der Waals surface area contributed by atoms with E-state index in [2.05, 4.69) is 10.6 Å². The summed E-state index contributed by atoms with van der Waals surface area (Å²) in [6, 6.07) is 3.67. The fraction of sp³-hybridized carbons (Fsp3) is 0.333. The Morgan fingerprint density at radius 2 is 2.39 bits per heavy atom. The lowest BCUT2D eigenvalue weighted by Gasteiger charge is -2.22. The molecule has 1 aromatic rings. The molecule has 1 fully saturated rings. The molecule has 2 N–H and O–H groups in total. The Labute approximate surface area is 114 Å². The van der Waals surface area contributed by atoms with E-state index < -0.39 is 0 Å². The Balaban J connectivity index is 1.81. The minimum Gasteiger partial charge on any atom is -0.354 e. The maximum Gasteiger partial charge on any atom is 0.244 e. The number of carbonyl (C=O) groups excluding carboxylic acids is 2. The summed E-state index contributed by atoms with van der Waals surface area (Å²) in [5, 5.41) is 5.57. The number of rotatable bonds is 3. The number of piperidine rings is 1. The van der Waals surface area contributed by atoms with Crippen LogP contribution in [0.25, 0.3) is 6.08 Å². The molecule has 2 amide bonds. The lowest BCUT2D eigenvalue weighted by molar-refractivity contribution is -0.124. The fourth-order valence-electron chi connectivity index (χ4n) is 1.68. The molecule has 1 saturated heterocycles. The van der Waals surface area contributed by atoms with Gasteiger partial charge in [0.25, 0.3) is 0 Å². The van der Waals surface area contributed by atoms with Crippen LogP contribution in [0.5, 0.6) is 0 Å². The molecule has 2 heterocycles. The highest BCUT2D eigenvalue weighted by molar-refractivity contribution is 7.17. The highest BCUT2D eigenvalue weighted by Crippen LogP contribution is 2.22. The van der Waals surface area contributed by atoms with Crippen LogP contribution in [0.4, 0.5) is 0 Å². The summed E-state index contributed by atoms with van der Waals surface area (Å²) < 4.78 is 0.699. The van der Waals surface area contributed by atoms with Crippen molar-refractivity contribution in [1.82, 2.24) is 10.6 Å². The second-order valence-corrected chi connectivity index (χ2v) is 5.77. The smallest absolute Gasteiger partial charge is 0.244 e. The highest BCUT2D eigenvalue weighted by Gasteiger charge is 2.18. The lowest BCUT2D eigenvalue weighted by Crippen LogP contribution is -2.47. The number of amides is 2. The zero-order valence-electron chi connectivity index (χ0n) is 9.61. The zero-order valence-corrected chi connectivity index (χ0v) is 11.2. The summed E-state index contributed by atoms with van der Waals surface area (Å²) in [4.78, 5) is 23.5. The van der Waals surface area contributed by atoms with E-state index in [1.165, 1.54) is 17.4 Å². The first-order chi connectivity index (χ1) is 8.63. The maximum absolute atomic E-state index is 11.6. The van der Waals surface area contributed by atoms with Crippen LogP contribution < -0.4 is 10.6 Å². The van der Waals surface area contributed by atoms with Gasteiger partial charge in [-0.05, 0) is 24.6 Å². The van der Waals surface area contributed by atoms with Gasteiger partial charge in [0, 0.05) is 30.0 Å². The monoisotopic (exact) mass is 284 g/mol. The third kappa shape index (κ3) is 3.85. The van der Waals surface area contributed by atoms with E-state index in [1.54, 1.807) is 12.1 Å². The molecule has 1 aliphatic rings. The Morgan fingerprint density at radius 3 is 3.00 bits per heavy atom. The number of halogens is 1. The van der Waals surface area contributed by atoms with E-state index in [9.17, 15) is 9.59 Å². The molecular weight excluding hydrogens is 272 g/mol. The summed E-state index contributed by atoms with van der Waals surface area (Å²) in [5.74, 6) is -0.107. The van der Waals surface area contributed by atoms with Crippen LogP contribution >= 0.6 is 22.9 Å². The second kappa shape index (κ2) is 6.02. The molecule has 4 nitrogen and oxygen atoms in total. The van der Waals surface area contributed by atoms with Crippen molar-refractivity contribution in [3.05, 3.63) is 27.4 Å². The molecule has 0 spiro atoms. The molecule has 0 radical (unpaired) electrons. The summed E-state index contributed by atoms with van der Waals surface area (Å²) in [5.41, 5.74) is 0. The van der Waals surface area contributed by atoms with Crippen LogP contribution in [0.2, 0.25) is 4.34 Å². The molecule has 1 aliphatic heterocycles. The van der Waals surface area contributed by atoms with Gasteiger partial charge in [-0.15, -0.1) is 11.3 Å². The molecule has 2 rings (SSSR count). The van der Waals surface area contributed by atoms with Gasteiger partial charge in [-0.2, -0.15) is 0 Å². The Morgan fingerprint density at radius 1 is 1.56 bits per heavy atom. The summed E-state index contributed by atoms with van der Waals surface area (Å²) in [6.07, 6.45) is 4.37. The van der Waals surface area contributed by atoms with Gasteiger partial charge in [-0.3, -0.25) is 9.59 Å². The first-order valence-electron chi connectivity index (χ1n) is 5.64. The summed E-state index contributed by atoms with van der Waals surface area (Å²) in [6.45, 7) is 0.503. The standard InChI is InChI=1S/C12H13ClN2O2S/c13-10-4-2-9(18-10)3-6-12(17)15-8-1-5-11(16)14-7-8/h2-4,6,8H,1,5,7H2,(H,14,16)(H,15,17)/b6-3+. The highest BCUT2D eigenvalue weighted by atomic mass is 35.5. The first kappa shape index (κ1) is 13.1. The fourth-order valence-corrected chi connectivity index (χ4v) is 2.64. The van der Waals surface area contributed by atoms with Crippen LogP contribution in [-0.4, -0.2) is 24.4 Å². The zero-order chi connectivity index (χ0) is 13.0. The van der Waals surface area contributed by atoms with Crippen LogP contribution in [0.1, 0.15) is 17.7 Å². The van der Waals surface area contributed by atoms with Crippen LogP contribution in [0.15, 0.2) is 18.2 Å². The average Bonchev–Trinajstić information content (AvgIpc) is 2.76. The Kier molecular flexibility index (Phi) is 4.38. The van der Waals surface area contributed by atoms with Crippen LogP contribution in [-0.2, 0) is 9.59 Å². The van der Waals surface area contributed by atoms with E-state index in [0.717, 1.165) is 4.88 Å². The minimum absolute atomic E-state index is 0.0202. The third-order valence-corrected chi connectivity index (χ3v) is 3.80. The van der Waals surface area contributed by atoms with Crippen molar-refractivity contribution < 1.29 is 9.59 Å². The number of carbonyl (C=O) groups is 2. The molecule has 1 aromatic heterocycles.